The summed E-state index contributed by atoms with van der Waals surface area (Å²) in [6.07, 6.45) is 0. The van der Waals surface area contributed by atoms with Crippen molar-refractivity contribution in [1.82, 2.24) is 10.2 Å². The van der Waals surface area contributed by atoms with Gasteiger partial charge in [-0.25, -0.2) is 0 Å². The van der Waals surface area contributed by atoms with Crippen LogP contribution in [0.1, 0.15) is 28.9 Å². The minimum absolute atomic E-state index is 0.128. The van der Waals surface area contributed by atoms with Crippen LogP contribution in [-0.4, -0.2) is 45.2 Å². The number of carbonyl (C=O) groups is 1. The summed E-state index contributed by atoms with van der Waals surface area (Å²) >= 11 is 5.10. The number of nitrogens with zero attached hydrogens (tertiary/aromatic N) is 1. The molecule has 1 aromatic carbocycles. The van der Waals surface area contributed by atoms with Crippen molar-refractivity contribution in [2.75, 3.05) is 34.4 Å². The summed E-state index contributed by atoms with van der Waals surface area (Å²) in [5.41, 5.74) is 1.72. The smallest absolute Gasteiger partial charge is 0.251 e. The summed E-state index contributed by atoms with van der Waals surface area (Å²) in [5.74, 6) is 0.985. The van der Waals surface area contributed by atoms with Crippen molar-refractivity contribution in [3.8, 4) is 11.5 Å². The quantitative estimate of drug-likeness (QED) is 0.693. The fraction of sp³-hybridized carbons (Fsp3) is 0.389. The van der Waals surface area contributed by atoms with Gasteiger partial charge in [0.2, 0.25) is 0 Å². The Labute approximate surface area is 161 Å². The van der Waals surface area contributed by atoms with Crippen LogP contribution in [0.2, 0.25) is 0 Å². The molecule has 1 atom stereocenters. The van der Waals surface area contributed by atoms with Crippen LogP contribution in [0, 0.1) is 0 Å². The average molecular weight is 427 g/mol. The Hall–Kier alpha value is -1.57. The first kappa shape index (κ1) is 19.8. The lowest BCUT2D eigenvalue weighted by Gasteiger charge is -2.24. The van der Waals surface area contributed by atoms with Crippen LogP contribution in [0.3, 0.4) is 0 Å². The average Bonchev–Trinajstić information content (AvgIpc) is 3.10. The highest BCUT2D eigenvalue weighted by Gasteiger charge is 2.18. The summed E-state index contributed by atoms with van der Waals surface area (Å²) < 4.78 is 11.6. The maximum Gasteiger partial charge on any atom is 0.251 e. The second-order valence-corrected chi connectivity index (χ2v) is 7.30. The Morgan fingerprint density at radius 2 is 2.16 bits per heavy atom. The van der Waals surface area contributed by atoms with E-state index >= 15 is 0 Å². The number of amides is 1. The van der Waals surface area contributed by atoms with E-state index in [1.54, 1.807) is 30.6 Å². The number of methoxy groups -OCH3 is 1. The number of thiophene rings is 1. The van der Waals surface area contributed by atoms with E-state index in [2.05, 4.69) is 37.6 Å². The molecule has 25 heavy (non-hydrogen) atoms. The second-order valence-electron chi connectivity index (χ2n) is 5.67. The van der Waals surface area contributed by atoms with E-state index in [0.29, 0.717) is 34.7 Å². The van der Waals surface area contributed by atoms with Gasteiger partial charge in [-0.1, -0.05) is 0 Å². The van der Waals surface area contributed by atoms with Gasteiger partial charge in [0.1, 0.15) is 0 Å². The number of hydrogen-bond donors (Lipinski definition) is 1. The van der Waals surface area contributed by atoms with Gasteiger partial charge in [0, 0.05) is 12.1 Å². The van der Waals surface area contributed by atoms with Crippen LogP contribution in [-0.2, 0) is 0 Å². The largest absolute Gasteiger partial charge is 0.493 e. The van der Waals surface area contributed by atoms with Gasteiger partial charge in [0.15, 0.2) is 11.5 Å². The van der Waals surface area contributed by atoms with Gasteiger partial charge < -0.3 is 19.7 Å². The van der Waals surface area contributed by atoms with E-state index in [1.165, 1.54) is 5.56 Å². The lowest BCUT2D eigenvalue weighted by Crippen LogP contribution is -2.34. The molecule has 2 rings (SSSR count). The first-order chi connectivity index (χ1) is 12.0. The number of likely N-dealkylation sites (N-methyl/N-ethyl adjacent to an activating group) is 1. The van der Waals surface area contributed by atoms with Crippen molar-refractivity contribution >= 4 is 33.2 Å². The molecule has 1 amide bonds. The van der Waals surface area contributed by atoms with E-state index in [4.69, 9.17) is 9.47 Å². The molecular formula is C18H23BrN2O3S. The summed E-state index contributed by atoms with van der Waals surface area (Å²) in [6, 6.07) is 5.65. The number of rotatable bonds is 8. The van der Waals surface area contributed by atoms with Gasteiger partial charge in [0.25, 0.3) is 5.91 Å². The van der Waals surface area contributed by atoms with Crippen LogP contribution in [0.25, 0.3) is 0 Å². The van der Waals surface area contributed by atoms with E-state index in [0.717, 1.165) is 0 Å². The van der Waals surface area contributed by atoms with Crippen molar-refractivity contribution in [3.05, 3.63) is 44.6 Å². The highest BCUT2D eigenvalue weighted by Crippen LogP contribution is 2.36. The molecule has 1 aromatic heterocycles. The predicted molar refractivity (Wildman–Crippen MR) is 105 cm³/mol. The Morgan fingerprint density at radius 1 is 1.40 bits per heavy atom. The summed E-state index contributed by atoms with van der Waals surface area (Å²) in [4.78, 5) is 14.7. The van der Waals surface area contributed by atoms with E-state index in [9.17, 15) is 4.79 Å². The Balaban J connectivity index is 2.13. The second kappa shape index (κ2) is 9.22. The van der Waals surface area contributed by atoms with Gasteiger partial charge in [-0.15, -0.1) is 0 Å². The third kappa shape index (κ3) is 4.96. The van der Waals surface area contributed by atoms with Crippen LogP contribution < -0.4 is 14.8 Å². The van der Waals surface area contributed by atoms with Crippen LogP contribution in [0.4, 0.5) is 0 Å². The zero-order valence-electron chi connectivity index (χ0n) is 14.8. The molecule has 7 heteroatoms. The molecular weight excluding hydrogens is 404 g/mol. The van der Waals surface area contributed by atoms with Crippen molar-refractivity contribution in [2.24, 2.45) is 0 Å². The van der Waals surface area contributed by atoms with Gasteiger partial charge in [-0.3, -0.25) is 4.79 Å². The molecule has 1 N–H and O–H groups in total. The zero-order chi connectivity index (χ0) is 18.4. The van der Waals surface area contributed by atoms with Gasteiger partial charge in [0.05, 0.1) is 24.2 Å². The minimum Gasteiger partial charge on any atom is -0.493 e. The number of benzene rings is 1. The van der Waals surface area contributed by atoms with Gasteiger partial charge in [-0.2, -0.15) is 11.3 Å². The van der Waals surface area contributed by atoms with Gasteiger partial charge >= 0.3 is 0 Å². The molecule has 136 valence electrons. The number of hydrogen-bond acceptors (Lipinski definition) is 5. The van der Waals surface area contributed by atoms with Crippen LogP contribution >= 0.6 is 27.3 Å². The molecule has 0 radical (unpaired) electrons. The molecule has 5 nitrogen and oxygen atoms in total. The van der Waals surface area contributed by atoms with Crippen molar-refractivity contribution in [2.45, 2.75) is 13.0 Å². The van der Waals surface area contributed by atoms with Crippen molar-refractivity contribution in [3.63, 3.8) is 0 Å². The maximum absolute atomic E-state index is 12.6. The number of ether oxygens (including phenoxy) is 2. The van der Waals surface area contributed by atoms with E-state index in [1.807, 2.05) is 26.4 Å². The molecule has 0 bridgehead atoms. The third-order valence-corrected chi connectivity index (χ3v) is 5.08. The van der Waals surface area contributed by atoms with E-state index in [-0.39, 0.29) is 11.9 Å². The van der Waals surface area contributed by atoms with Gasteiger partial charge in [-0.05, 0) is 71.5 Å². The molecule has 0 saturated heterocycles. The molecule has 0 aliphatic rings. The SMILES string of the molecule is CCOc1c(Br)cc(C(=O)NC[C@@H](c2ccsc2)N(C)C)cc1OC. The van der Waals surface area contributed by atoms with Crippen molar-refractivity contribution < 1.29 is 14.3 Å². The molecule has 0 fully saturated rings. The Morgan fingerprint density at radius 3 is 2.72 bits per heavy atom. The standard InChI is InChI=1S/C18H23BrN2O3S/c1-5-24-17-14(19)8-13(9-16(17)23-4)18(22)20-10-15(21(2)3)12-6-7-25-11-12/h6-9,11,15H,5,10H2,1-4H3,(H,20,22)/t15-/m0/s1. The normalized spacial score (nSPS) is 12.1. The highest BCUT2D eigenvalue weighted by atomic mass is 79.9. The lowest BCUT2D eigenvalue weighted by molar-refractivity contribution is 0.0941. The first-order valence-electron chi connectivity index (χ1n) is 7.95. The Kier molecular flexibility index (Phi) is 7.28. The Bertz CT molecular complexity index is 705. The maximum atomic E-state index is 12.6. The summed E-state index contributed by atoms with van der Waals surface area (Å²) in [7, 11) is 5.57. The molecule has 0 unspecified atom stereocenters. The third-order valence-electron chi connectivity index (χ3n) is 3.79. The molecule has 2 aromatic rings. The molecule has 0 aliphatic carbocycles. The lowest BCUT2D eigenvalue weighted by atomic mass is 10.1. The number of halogens is 1. The fourth-order valence-electron chi connectivity index (χ4n) is 2.49. The zero-order valence-corrected chi connectivity index (χ0v) is 17.2. The fourth-order valence-corrected chi connectivity index (χ4v) is 3.75. The minimum atomic E-state index is -0.149. The van der Waals surface area contributed by atoms with Crippen LogP contribution in [0.5, 0.6) is 11.5 Å². The molecule has 0 aliphatic heterocycles. The summed E-state index contributed by atoms with van der Waals surface area (Å²) in [5, 5.41) is 7.15. The predicted octanol–water partition coefficient (Wildman–Crippen LogP) is 3.95. The van der Waals surface area contributed by atoms with Crippen LogP contribution in [0.15, 0.2) is 33.4 Å². The topological polar surface area (TPSA) is 50.8 Å². The number of nitrogens with one attached hydrogen (secondary N) is 1. The van der Waals surface area contributed by atoms with E-state index < -0.39 is 0 Å². The summed E-state index contributed by atoms with van der Waals surface area (Å²) in [6.45, 7) is 2.94. The first-order valence-corrected chi connectivity index (χ1v) is 9.68. The molecule has 0 saturated carbocycles. The molecule has 1 heterocycles. The highest BCUT2D eigenvalue weighted by molar-refractivity contribution is 9.10. The number of carbonyl (C=O) groups excluding carboxylic acids is 1. The molecule has 0 spiro atoms. The van der Waals surface area contributed by atoms with Crippen molar-refractivity contribution in [1.29, 1.82) is 0 Å². The monoisotopic (exact) mass is 426 g/mol.